The van der Waals surface area contributed by atoms with Crippen LogP contribution in [0.5, 0.6) is 0 Å². The number of nitrogens with one attached hydrogen (secondary N) is 1. The molecule has 3 saturated heterocycles. The van der Waals surface area contributed by atoms with E-state index in [1.165, 1.54) is 12.1 Å². The molecule has 0 unspecified atom stereocenters. The molecule has 34 heavy (non-hydrogen) atoms. The number of anilines is 2. The average molecular weight is 481 g/mol. The van der Waals surface area contributed by atoms with Gasteiger partial charge in [-0.25, -0.2) is 4.90 Å². The highest BCUT2D eigenvalue weighted by molar-refractivity contribution is 6.36. The summed E-state index contributed by atoms with van der Waals surface area (Å²) in [6.45, 7) is 4.52. The third kappa shape index (κ3) is 2.35. The summed E-state index contributed by atoms with van der Waals surface area (Å²) in [4.78, 5) is 55.1. The zero-order chi connectivity index (χ0) is 24.1. The zero-order valence-electron chi connectivity index (χ0n) is 18.5. The fraction of sp³-hybridized carbons (Fsp3) is 0.375. The first-order valence-corrected chi connectivity index (χ1v) is 11.6. The number of halogens is 1. The number of amides is 3. The lowest BCUT2D eigenvalue weighted by atomic mass is 9.75. The number of non-ortho nitro benzene ring substituents is 1. The van der Waals surface area contributed by atoms with E-state index in [9.17, 15) is 24.5 Å². The average Bonchev–Trinajstić information content (AvgIpc) is 3.50. The summed E-state index contributed by atoms with van der Waals surface area (Å²) in [6.07, 6.45) is 1.53. The second kappa shape index (κ2) is 6.86. The van der Waals surface area contributed by atoms with Gasteiger partial charge in [-0.05, 0) is 50.4 Å². The number of fused-ring (bicyclic) bond motifs is 7. The first-order chi connectivity index (χ1) is 16.2. The van der Waals surface area contributed by atoms with Crippen LogP contribution >= 0.6 is 11.6 Å². The largest absolute Gasteiger partial charge is 0.324 e. The Balaban J connectivity index is 1.54. The van der Waals surface area contributed by atoms with Crippen LogP contribution in [0.4, 0.5) is 17.1 Å². The van der Waals surface area contributed by atoms with Crippen LogP contribution in [0.1, 0.15) is 29.5 Å². The fourth-order valence-corrected chi connectivity index (χ4v) is 6.81. The standard InChI is InChI=1S/C24H21ClN4O5/c1-11-5-7-14-20(12(11)2)26-23(32)24(14)19-18(17-4-3-9-27(17)24)21(30)28(22(19)31)16-8-6-13(29(33)34)10-15(16)25/h5-8,10,17-19H,3-4,9H2,1-2H3,(H,26,32)/t17-,18-,19-,24-/m0/s1. The van der Waals surface area contributed by atoms with Crippen molar-refractivity contribution in [1.29, 1.82) is 0 Å². The van der Waals surface area contributed by atoms with Gasteiger partial charge in [0.1, 0.15) is 5.54 Å². The number of imide groups is 1. The van der Waals surface area contributed by atoms with Gasteiger partial charge in [-0.2, -0.15) is 0 Å². The second-order valence-corrected chi connectivity index (χ2v) is 9.87. The van der Waals surface area contributed by atoms with E-state index in [-0.39, 0.29) is 28.3 Å². The van der Waals surface area contributed by atoms with Crippen LogP contribution in [0.3, 0.4) is 0 Å². The maximum atomic E-state index is 14.0. The fourth-order valence-electron chi connectivity index (χ4n) is 6.55. The van der Waals surface area contributed by atoms with E-state index < -0.39 is 34.1 Å². The second-order valence-electron chi connectivity index (χ2n) is 9.46. The molecule has 0 aliphatic carbocycles. The maximum Gasteiger partial charge on any atom is 0.271 e. The van der Waals surface area contributed by atoms with Gasteiger partial charge in [-0.15, -0.1) is 0 Å². The summed E-state index contributed by atoms with van der Waals surface area (Å²) in [5.74, 6) is -2.79. The minimum Gasteiger partial charge on any atom is -0.324 e. The summed E-state index contributed by atoms with van der Waals surface area (Å²) in [5, 5.41) is 14.1. The lowest BCUT2D eigenvalue weighted by Gasteiger charge is -2.36. The molecule has 0 saturated carbocycles. The molecule has 0 radical (unpaired) electrons. The molecule has 3 fully saturated rings. The molecule has 1 N–H and O–H groups in total. The van der Waals surface area contributed by atoms with E-state index in [0.29, 0.717) is 18.7 Å². The van der Waals surface area contributed by atoms with Crippen LogP contribution in [0, 0.1) is 35.8 Å². The van der Waals surface area contributed by atoms with Gasteiger partial charge in [0.15, 0.2) is 0 Å². The lowest BCUT2D eigenvalue weighted by Crippen LogP contribution is -2.54. The summed E-state index contributed by atoms with van der Waals surface area (Å²) < 4.78 is 0. The Labute approximate surface area is 199 Å². The topological polar surface area (TPSA) is 113 Å². The first kappa shape index (κ1) is 21.2. The summed E-state index contributed by atoms with van der Waals surface area (Å²) in [5.41, 5.74) is 2.01. The van der Waals surface area contributed by atoms with Crippen molar-refractivity contribution < 1.29 is 19.3 Å². The minimum atomic E-state index is -1.27. The molecule has 2 aromatic carbocycles. The smallest absolute Gasteiger partial charge is 0.271 e. The number of hydrogen-bond donors (Lipinski definition) is 1. The zero-order valence-corrected chi connectivity index (χ0v) is 19.3. The van der Waals surface area contributed by atoms with Crippen LogP contribution in [-0.4, -0.2) is 40.1 Å². The highest BCUT2D eigenvalue weighted by Gasteiger charge is 2.74. The predicted molar refractivity (Wildman–Crippen MR) is 124 cm³/mol. The molecule has 174 valence electrons. The molecule has 3 amide bonds. The number of carbonyl (C=O) groups is 3. The van der Waals surface area contributed by atoms with Crippen LogP contribution in [-0.2, 0) is 19.9 Å². The van der Waals surface area contributed by atoms with E-state index in [0.717, 1.165) is 34.1 Å². The van der Waals surface area contributed by atoms with Gasteiger partial charge in [-0.3, -0.25) is 29.4 Å². The van der Waals surface area contributed by atoms with E-state index in [4.69, 9.17) is 11.6 Å². The highest BCUT2D eigenvalue weighted by Crippen LogP contribution is 2.61. The molecule has 10 heteroatoms. The van der Waals surface area contributed by atoms with Crippen molar-refractivity contribution in [3.8, 4) is 0 Å². The highest BCUT2D eigenvalue weighted by atomic mass is 35.5. The number of nitrogens with zero attached hydrogens (tertiary/aromatic N) is 3. The van der Waals surface area contributed by atoms with Crippen molar-refractivity contribution in [2.24, 2.45) is 11.8 Å². The van der Waals surface area contributed by atoms with E-state index in [1.54, 1.807) is 0 Å². The summed E-state index contributed by atoms with van der Waals surface area (Å²) >= 11 is 6.31. The summed E-state index contributed by atoms with van der Waals surface area (Å²) in [6, 6.07) is 7.27. The SMILES string of the molecule is Cc1ccc2c(c1C)NC(=O)[C@@]21[C@@H]2C(=O)N(c3ccc([N+](=O)[O-])cc3Cl)C(=O)[C@H]2[C@@H]2CCCN21. The Morgan fingerprint density at radius 2 is 1.91 bits per heavy atom. The molecule has 1 spiro atoms. The van der Waals surface area contributed by atoms with Crippen LogP contribution < -0.4 is 10.2 Å². The Hall–Kier alpha value is -3.30. The number of rotatable bonds is 2. The Morgan fingerprint density at radius 1 is 1.15 bits per heavy atom. The van der Waals surface area contributed by atoms with Crippen LogP contribution in [0.25, 0.3) is 0 Å². The molecule has 4 aliphatic rings. The van der Waals surface area contributed by atoms with Gasteiger partial charge in [0.25, 0.3) is 5.69 Å². The van der Waals surface area contributed by atoms with Crippen molar-refractivity contribution in [2.45, 2.75) is 38.3 Å². The number of benzene rings is 2. The van der Waals surface area contributed by atoms with E-state index in [2.05, 4.69) is 10.2 Å². The Kier molecular flexibility index (Phi) is 4.29. The molecule has 4 atom stereocenters. The number of hydrogen-bond acceptors (Lipinski definition) is 6. The third-order valence-corrected chi connectivity index (χ3v) is 8.38. The maximum absolute atomic E-state index is 14.0. The van der Waals surface area contributed by atoms with Gasteiger partial charge >= 0.3 is 0 Å². The molecule has 2 aromatic rings. The molecule has 4 aliphatic heterocycles. The Bertz CT molecular complexity index is 1340. The van der Waals surface area contributed by atoms with Crippen LogP contribution in [0.2, 0.25) is 5.02 Å². The van der Waals surface area contributed by atoms with E-state index in [1.807, 2.05) is 26.0 Å². The summed E-state index contributed by atoms with van der Waals surface area (Å²) in [7, 11) is 0. The number of aryl methyl sites for hydroxylation is 1. The lowest BCUT2D eigenvalue weighted by molar-refractivity contribution is -0.384. The molecule has 9 nitrogen and oxygen atoms in total. The van der Waals surface area contributed by atoms with Gasteiger partial charge in [-0.1, -0.05) is 23.7 Å². The van der Waals surface area contributed by atoms with Crippen molar-refractivity contribution in [1.82, 2.24) is 4.90 Å². The number of nitro groups is 1. The van der Waals surface area contributed by atoms with Crippen molar-refractivity contribution in [3.63, 3.8) is 0 Å². The third-order valence-electron chi connectivity index (χ3n) is 8.08. The first-order valence-electron chi connectivity index (χ1n) is 11.2. The van der Waals surface area contributed by atoms with Gasteiger partial charge in [0, 0.05) is 29.4 Å². The molecule has 0 bridgehead atoms. The quantitative estimate of drug-likeness (QED) is 0.401. The van der Waals surface area contributed by atoms with Gasteiger partial charge in [0.05, 0.1) is 27.5 Å². The van der Waals surface area contributed by atoms with Crippen molar-refractivity contribution >= 4 is 46.4 Å². The minimum absolute atomic E-state index is 0.0593. The number of nitro benzene ring substituents is 1. The molecule has 4 heterocycles. The van der Waals surface area contributed by atoms with Gasteiger partial charge < -0.3 is 5.32 Å². The molecular formula is C24H21ClN4O5. The molecular weight excluding hydrogens is 460 g/mol. The van der Waals surface area contributed by atoms with Crippen LogP contribution in [0.15, 0.2) is 30.3 Å². The van der Waals surface area contributed by atoms with Crippen molar-refractivity contribution in [2.75, 3.05) is 16.8 Å². The predicted octanol–water partition coefficient (Wildman–Crippen LogP) is 3.30. The molecule has 0 aromatic heterocycles. The monoisotopic (exact) mass is 480 g/mol. The number of carbonyl (C=O) groups excluding carboxylic acids is 3. The Morgan fingerprint density at radius 3 is 2.62 bits per heavy atom. The van der Waals surface area contributed by atoms with E-state index >= 15 is 0 Å². The normalized spacial score (nSPS) is 29.6. The molecule has 6 rings (SSSR count). The van der Waals surface area contributed by atoms with Gasteiger partial charge in [0.2, 0.25) is 17.7 Å². The van der Waals surface area contributed by atoms with Crippen molar-refractivity contribution in [3.05, 3.63) is 62.2 Å².